The van der Waals surface area contributed by atoms with Gasteiger partial charge in [-0.15, -0.1) is 0 Å². The Morgan fingerprint density at radius 3 is 2.59 bits per heavy atom. The van der Waals surface area contributed by atoms with Gasteiger partial charge in [-0.2, -0.15) is 0 Å². The Morgan fingerprint density at radius 1 is 0.952 bits per heavy atom. The summed E-state index contributed by atoms with van der Waals surface area (Å²) in [5, 5.41) is 78.0. The number of aliphatic hydroxyl groups excluding tert-OH is 5. The van der Waals surface area contributed by atoms with Crippen molar-refractivity contribution in [2.24, 2.45) is 34.0 Å². The summed E-state index contributed by atoms with van der Waals surface area (Å²) in [7, 11) is 2.78. The van der Waals surface area contributed by atoms with E-state index >= 15 is 4.79 Å². The fourth-order valence-electron chi connectivity index (χ4n) is 13.0. The van der Waals surface area contributed by atoms with Gasteiger partial charge in [0.05, 0.1) is 36.4 Å². The number of Topliss-reactive ketones (excluding diaryl/α,β-unsaturated/α-hetero) is 2. The largest absolute Gasteiger partial charge is 0.511 e. The lowest BCUT2D eigenvalue weighted by atomic mass is 9.51. The molecule has 3 spiro atoms. The molecule has 3 aliphatic heterocycles. The molecule has 11 atom stereocenters. The van der Waals surface area contributed by atoms with E-state index in [4.69, 9.17) is 9.47 Å². The van der Waals surface area contributed by atoms with Gasteiger partial charge in [-0.1, -0.05) is 76.6 Å². The van der Waals surface area contributed by atoms with Gasteiger partial charge in [0.15, 0.2) is 11.6 Å². The minimum atomic E-state index is -2.31. The molecule has 2 aromatic rings. The molecule has 3 heterocycles. The first-order chi connectivity index (χ1) is 30.4. The van der Waals surface area contributed by atoms with E-state index < -0.39 is 70.5 Å². The van der Waals surface area contributed by atoms with Crippen LogP contribution in [0, 0.1) is 34.0 Å². The molecule has 334 valence electrons. The fraction of sp³-hybridized carbons (Fsp3) is 0.521. The lowest BCUT2D eigenvalue weighted by Gasteiger charge is -2.63. The van der Waals surface area contributed by atoms with Crippen LogP contribution in [0.15, 0.2) is 89.5 Å². The molecule has 0 amide bonds. The molecule has 8 aliphatic rings. The second kappa shape index (κ2) is 15.9. The highest BCUT2D eigenvalue weighted by molar-refractivity contribution is 8.76. The molecule has 0 aromatic heterocycles. The number of carbonyl (C=O) groups excluding carboxylic acids is 3. The first kappa shape index (κ1) is 43.0. The molecule has 8 N–H and O–H groups in total. The smallest absolute Gasteiger partial charge is 0.229 e. The number of nitrogens with one attached hydrogen (secondary N) is 2. The minimum absolute atomic E-state index is 0.0129. The molecule has 7 bridgehead atoms. The van der Waals surface area contributed by atoms with Gasteiger partial charge in [-0.3, -0.25) is 9.59 Å². The van der Waals surface area contributed by atoms with Crippen molar-refractivity contribution in [2.45, 2.75) is 94.1 Å². The summed E-state index contributed by atoms with van der Waals surface area (Å²) in [5.41, 5.74) is -3.81. The van der Waals surface area contributed by atoms with Crippen molar-refractivity contribution in [1.82, 2.24) is 10.6 Å². The van der Waals surface area contributed by atoms with Crippen LogP contribution in [0.2, 0.25) is 0 Å². The molecule has 11 unspecified atom stereocenters. The molecule has 1 saturated heterocycles. The van der Waals surface area contributed by atoms with Gasteiger partial charge >= 0.3 is 0 Å². The summed E-state index contributed by atoms with van der Waals surface area (Å²) in [6.45, 7) is -0.388. The van der Waals surface area contributed by atoms with Crippen LogP contribution >= 0.6 is 21.6 Å². The lowest BCUT2D eigenvalue weighted by molar-refractivity contribution is -0.383. The highest BCUT2D eigenvalue weighted by Gasteiger charge is 2.73. The zero-order chi connectivity index (χ0) is 43.9. The number of hydrogen-bond acceptors (Lipinski definition) is 15. The number of hydrogen-bond donors (Lipinski definition) is 8. The molecule has 63 heavy (non-hydrogen) atoms. The van der Waals surface area contributed by atoms with Gasteiger partial charge in [0, 0.05) is 35.1 Å². The molecular formula is C48H54N2O11S2. The Hall–Kier alpha value is -3.93. The molecule has 5 aliphatic carbocycles. The number of allylic oxidation sites excluding steroid dienone is 6. The third kappa shape index (κ3) is 6.39. The first-order valence-electron chi connectivity index (χ1n) is 22.0. The number of aldehydes is 1. The predicted molar refractivity (Wildman–Crippen MR) is 235 cm³/mol. The van der Waals surface area contributed by atoms with E-state index in [1.54, 1.807) is 24.3 Å². The van der Waals surface area contributed by atoms with Gasteiger partial charge in [0.2, 0.25) is 6.29 Å². The number of rotatable bonds is 5. The third-order valence-electron chi connectivity index (χ3n) is 16.1. The van der Waals surface area contributed by atoms with Crippen LogP contribution in [0.3, 0.4) is 0 Å². The highest BCUT2D eigenvalue weighted by atomic mass is 33.1. The highest BCUT2D eigenvalue weighted by Crippen LogP contribution is 2.69. The summed E-state index contributed by atoms with van der Waals surface area (Å²) >= 11 is 0. The van der Waals surface area contributed by atoms with Crippen LogP contribution in [0.4, 0.5) is 0 Å². The van der Waals surface area contributed by atoms with Gasteiger partial charge < -0.3 is 55.5 Å². The minimum Gasteiger partial charge on any atom is -0.511 e. The zero-order valence-electron chi connectivity index (χ0n) is 34.8. The Morgan fingerprint density at radius 2 is 1.78 bits per heavy atom. The molecule has 15 heteroatoms. The predicted octanol–water partition coefficient (Wildman–Crippen LogP) is 4.58. The number of ether oxygens (including phenoxy) is 2. The van der Waals surface area contributed by atoms with Crippen LogP contribution in [0.25, 0.3) is 0 Å². The molecule has 0 radical (unpaired) electrons. The molecule has 3 saturated carbocycles. The van der Waals surface area contributed by atoms with Crippen molar-refractivity contribution in [2.75, 3.05) is 24.8 Å². The van der Waals surface area contributed by atoms with Crippen molar-refractivity contribution in [3.63, 3.8) is 0 Å². The van der Waals surface area contributed by atoms with E-state index in [0.29, 0.717) is 37.3 Å². The number of ketones is 2. The average molecular weight is 899 g/mol. The fourth-order valence-corrected chi connectivity index (χ4v) is 15.3. The van der Waals surface area contributed by atoms with E-state index in [0.717, 1.165) is 54.5 Å². The molecule has 2 aromatic carbocycles. The standard InChI is InChI=1S/C48H54N2O11S2/c51-21-28-5-1-4-27(16-28)17-29-18-33-39(55)32-7-2-8-34-38(32)40(56)47(33,36(54)19-29)25-62-63-26-50-37-20-30(10-15-49-37)45(14-13-44(23-45)11-3-6-31(44)22-52)35-9-12-46(24-53)43(58)48(35,59)41(57)42(60-34)61-46/h1-2,4-5,7-8,10,16,18-20,22,31,33,35,41-43,49-51,53-54,57-59H,3,6,9,11-15,17,21,23-26H2. The van der Waals surface area contributed by atoms with Gasteiger partial charge in [0.1, 0.15) is 46.6 Å². The topological polar surface area (TPSA) is 215 Å². The van der Waals surface area contributed by atoms with Crippen LogP contribution in [-0.2, 0) is 22.6 Å². The lowest BCUT2D eigenvalue weighted by Crippen LogP contribution is -2.79. The Labute approximate surface area is 373 Å². The van der Waals surface area contributed by atoms with E-state index in [1.807, 2.05) is 24.3 Å². The normalized spacial score (nSPS) is 39.4. The van der Waals surface area contributed by atoms with Crippen LogP contribution in [-0.4, -0.2) is 103 Å². The van der Waals surface area contributed by atoms with Gasteiger partial charge in [0.25, 0.3) is 0 Å². The van der Waals surface area contributed by atoms with Crippen molar-refractivity contribution in [1.29, 1.82) is 0 Å². The van der Waals surface area contributed by atoms with Crippen molar-refractivity contribution in [3.8, 4) is 5.75 Å². The van der Waals surface area contributed by atoms with Crippen LogP contribution in [0.5, 0.6) is 5.75 Å². The zero-order valence-corrected chi connectivity index (χ0v) is 36.5. The third-order valence-corrected chi connectivity index (χ3v) is 18.4. The summed E-state index contributed by atoms with van der Waals surface area (Å²) in [4.78, 5) is 42.8. The summed E-state index contributed by atoms with van der Waals surface area (Å²) in [6.07, 6.45) is 8.28. The number of carbonyl (C=O) groups is 3. The first-order valence-corrected chi connectivity index (χ1v) is 24.5. The van der Waals surface area contributed by atoms with E-state index in [9.17, 15) is 40.2 Å². The molecule has 10 rings (SSSR count). The monoisotopic (exact) mass is 898 g/mol. The molecule has 13 nitrogen and oxygen atoms in total. The quantitative estimate of drug-likeness (QED) is 0.152. The van der Waals surface area contributed by atoms with Gasteiger partial charge in [-0.25, -0.2) is 0 Å². The Balaban J connectivity index is 1.09. The number of aliphatic hydroxyl groups is 6. The maximum atomic E-state index is 15.4. The number of dihydropyridines is 1. The van der Waals surface area contributed by atoms with Gasteiger partial charge in [-0.05, 0) is 97.3 Å². The van der Waals surface area contributed by atoms with Crippen molar-refractivity contribution < 1.29 is 54.5 Å². The van der Waals surface area contributed by atoms with E-state index in [1.165, 1.54) is 33.7 Å². The van der Waals surface area contributed by atoms with Crippen molar-refractivity contribution >= 4 is 39.4 Å². The SMILES string of the molecule is O=CC1CCCC12CCC1(C2)C2=CCNC(=C2)NCSSCC23C(=O)c4c(cccc4C(=O)C2C=C(Cc2cccc(CO)c2)C=C3O)OC2OC3(CO)CCC1C(O)(C2O)C3O. The maximum absolute atomic E-state index is 15.4. The second-order valence-corrected chi connectivity index (χ2v) is 21.5. The molecular weight excluding hydrogens is 845 g/mol. The maximum Gasteiger partial charge on any atom is 0.229 e. The number of benzene rings is 2. The second-order valence-electron chi connectivity index (χ2n) is 19.0. The average Bonchev–Trinajstić information content (AvgIpc) is 3.89. The van der Waals surface area contributed by atoms with Crippen LogP contribution < -0.4 is 15.4 Å². The summed E-state index contributed by atoms with van der Waals surface area (Å²) < 4.78 is 12.9. The van der Waals surface area contributed by atoms with Crippen LogP contribution in [0.1, 0.15) is 83.2 Å². The Kier molecular flexibility index (Phi) is 10.8. The van der Waals surface area contributed by atoms with Crippen molar-refractivity contribution in [3.05, 3.63) is 112 Å². The Bertz CT molecular complexity index is 2370. The van der Waals surface area contributed by atoms with E-state index in [2.05, 4.69) is 16.7 Å². The summed E-state index contributed by atoms with van der Waals surface area (Å²) in [6, 6.07) is 12.0. The van der Waals surface area contributed by atoms with E-state index in [-0.39, 0.29) is 59.2 Å². The molecule has 4 fully saturated rings. The number of fused-ring (bicyclic) bond motifs is 5. The summed E-state index contributed by atoms with van der Waals surface area (Å²) in [5.74, 6) is -2.26.